The molecule has 0 aromatic heterocycles. The monoisotopic (exact) mass is 305 g/mol. The topological polar surface area (TPSA) is 44.5 Å². The number of nitrogens with two attached hydrogens (primary N) is 1. The molecule has 1 aromatic carbocycles. The largest absolute Gasteiger partial charge is 0.495 e. The molecule has 2 rings (SSSR count). The maximum Gasteiger partial charge on any atom is 0.140 e. The average molecular weight is 305 g/mol. The fraction of sp³-hybridized carbons (Fsp3) is 0.400. The van der Waals surface area contributed by atoms with Crippen molar-refractivity contribution in [3.63, 3.8) is 0 Å². The molecular weight excluding hydrogens is 293 g/mol. The van der Waals surface area contributed by atoms with Crippen LogP contribution in [0.3, 0.4) is 0 Å². The minimum atomic E-state index is 0.0309. The summed E-state index contributed by atoms with van der Waals surface area (Å²) in [4.78, 5) is 0. The minimum absolute atomic E-state index is 0.0309. The highest BCUT2D eigenvalue weighted by Gasteiger charge is 2.23. The highest BCUT2D eigenvalue weighted by Crippen LogP contribution is 2.40. The van der Waals surface area contributed by atoms with Crippen LogP contribution < -0.4 is 15.2 Å². The first kappa shape index (κ1) is 10.0. The summed E-state index contributed by atoms with van der Waals surface area (Å²) in [6.45, 7) is 0.692. The number of fused-ring (bicyclic) bond motifs is 1. The summed E-state index contributed by atoms with van der Waals surface area (Å²) in [6.07, 6.45) is 0.851. The van der Waals surface area contributed by atoms with E-state index >= 15 is 0 Å². The Balaban J connectivity index is 2.57. The van der Waals surface area contributed by atoms with E-state index in [0.717, 1.165) is 27.1 Å². The van der Waals surface area contributed by atoms with Gasteiger partial charge < -0.3 is 15.2 Å². The highest BCUT2D eigenvalue weighted by molar-refractivity contribution is 14.1. The Kier molecular flexibility index (Phi) is 2.83. The van der Waals surface area contributed by atoms with Crippen LogP contribution in [0.4, 0.5) is 0 Å². The van der Waals surface area contributed by atoms with E-state index in [0.29, 0.717) is 6.61 Å². The van der Waals surface area contributed by atoms with Crippen LogP contribution in [-0.4, -0.2) is 13.7 Å². The number of hydrogen-bond acceptors (Lipinski definition) is 3. The van der Waals surface area contributed by atoms with Gasteiger partial charge in [-0.15, -0.1) is 0 Å². The lowest BCUT2D eigenvalue weighted by Crippen LogP contribution is -2.21. The minimum Gasteiger partial charge on any atom is -0.495 e. The van der Waals surface area contributed by atoms with Crippen LogP contribution >= 0.6 is 22.6 Å². The zero-order valence-corrected chi connectivity index (χ0v) is 10.1. The number of methoxy groups -OCH3 is 1. The van der Waals surface area contributed by atoms with Gasteiger partial charge in [-0.2, -0.15) is 0 Å². The van der Waals surface area contributed by atoms with Gasteiger partial charge in [-0.25, -0.2) is 0 Å². The third-order valence-electron chi connectivity index (χ3n) is 2.37. The molecule has 1 aliphatic heterocycles. The summed E-state index contributed by atoms with van der Waals surface area (Å²) in [5, 5.41) is 0. The molecule has 1 aliphatic rings. The molecule has 1 aromatic rings. The van der Waals surface area contributed by atoms with Crippen LogP contribution in [0.1, 0.15) is 18.0 Å². The van der Waals surface area contributed by atoms with Crippen molar-refractivity contribution in [3.05, 3.63) is 21.3 Å². The third-order valence-corrected chi connectivity index (χ3v) is 3.22. The van der Waals surface area contributed by atoms with Crippen molar-refractivity contribution < 1.29 is 9.47 Å². The first-order valence-corrected chi connectivity index (χ1v) is 5.56. The van der Waals surface area contributed by atoms with Crippen LogP contribution in [-0.2, 0) is 0 Å². The normalized spacial score (nSPS) is 19.8. The maximum atomic E-state index is 6.03. The molecule has 14 heavy (non-hydrogen) atoms. The molecule has 0 unspecified atom stereocenters. The van der Waals surface area contributed by atoms with Crippen molar-refractivity contribution in [2.75, 3.05) is 13.7 Å². The van der Waals surface area contributed by atoms with Crippen molar-refractivity contribution in [1.82, 2.24) is 0 Å². The Hall–Kier alpha value is -0.490. The molecule has 2 N–H and O–H groups in total. The molecule has 76 valence electrons. The lowest BCUT2D eigenvalue weighted by atomic mass is 10.0. The lowest BCUT2D eigenvalue weighted by molar-refractivity contribution is 0.262. The molecule has 0 saturated carbocycles. The molecule has 0 amide bonds. The number of ether oxygens (including phenoxy) is 2. The van der Waals surface area contributed by atoms with Crippen LogP contribution in [0.25, 0.3) is 0 Å². The van der Waals surface area contributed by atoms with E-state index in [1.807, 2.05) is 12.1 Å². The van der Waals surface area contributed by atoms with E-state index in [4.69, 9.17) is 15.2 Å². The van der Waals surface area contributed by atoms with Crippen molar-refractivity contribution in [2.24, 2.45) is 5.73 Å². The molecule has 0 aliphatic carbocycles. The van der Waals surface area contributed by atoms with E-state index in [2.05, 4.69) is 22.6 Å². The van der Waals surface area contributed by atoms with Gasteiger partial charge in [0.2, 0.25) is 0 Å². The number of benzene rings is 1. The fourth-order valence-corrected chi connectivity index (χ4v) is 2.37. The summed E-state index contributed by atoms with van der Waals surface area (Å²) in [7, 11) is 1.67. The van der Waals surface area contributed by atoms with Crippen molar-refractivity contribution in [3.8, 4) is 11.5 Å². The van der Waals surface area contributed by atoms with Gasteiger partial charge in [-0.05, 0) is 34.7 Å². The fourth-order valence-electron chi connectivity index (χ4n) is 1.68. The van der Waals surface area contributed by atoms with Crippen LogP contribution in [0, 0.1) is 3.57 Å². The van der Waals surface area contributed by atoms with Gasteiger partial charge in [0, 0.05) is 12.5 Å². The second-order valence-electron chi connectivity index (χ2n) is 3.24. The lowest BCUT2D eigenvalue weighted by Gasteiger charge is -2.25. The Morgan fingerprint density at radius 1 is 1.57 bits per heavy atom. The quantitative estimate of drug-likeness (QED) is 0.808. The van der Waals surface area contributed by atoms with E-state index in [1.54, 1.807) is 7.11 Å². The molecule has 0 bridgehead atoms. The second-order valence-corrected chi connectivity index (χ2v) is 4.40. The first-order valence-electron chi connectivity index (χ1n) is 4.49. The molecule has 1 heterocycles. The predicted octanol–water partition coefficient (Wildman–Crippen LogP) is 2.08. The number of halogens is 1. The summed E-state index contributed by atoms with van der Waals surface area (Å²) in [5.41, 5.74) is 7.03. The zero-order valence-electron chi connectivity index (χ0n) is 7.92. The molecule has 3 nitrogen and oxygen atoms in total. The predicted molar refractivity (Wildman–Crippen MR) is 62.8 cm³/mol. The summed E-state index contributed by atoms with van der Waals surface area (Å²) < 4.78 is 11.9. The third kappa shape index (κ3) is 1.56. The molecule has 0 fully saturated rings. The van der Waals surface area contributed by atoms with E-state index in [-0.39, 0.29) is 6.04 Å². The molecule has 0 spiro atoms. The van der Waals surface area contributed by atoms with Gasteiger partial charge in [0.15, 0.2) is 0 Å². The highest BCUT2D eigenvalue weighted by atomic mass is 127. The van der Waals surface area contributed by atoms with Gasteiger partial charge >= 0.3 is 0 Å². The van der Waals surface area contributed by atoms with Gasteiger partial charge in [-0.3, -0.25) is 0 Å². The smallest absolute Gasteiger partial charge is 0.140 e. The van der Waals surface area contributed by atoms with Crippen molar-refractivity contribution in [1.29, 1.82) is 0 Å². The molecule has 4 heteroatoms. The summed E-state index contributed by atoms with van der Waals surface area (Å²) in [5.74, 6) is 1.72. The second kappa shape index (κ2) is 3.94. The number of hydrogen-bond donors (Lipinski definition) is 1. The maximum absolute atomic E-state index is 6.03. The Bertz CT molecular complexity index is 354. The van der Waals surface area contributed by atoms with Crippen LogP contribution in [0.2, 0.25) is 0 Å². The van der Waals surface area contributed by atoms with E-state index < -0.39 is 0 Å². The molecule has 0 radical (unpaired) electrons. The standard InChI is InChI=1S/C10H12INO2/c1-13-10-6(11)2-3-8-9(10)7(12)4-5-14-8/h2-3,7H,4-5,12H2,1H3/t7-/m1/s1. The van der Waals surface area contributed by atoms with Crippen molar-refractivity contribution >= 4 is 22.6 Å². The van der Waals surface area contributed by atoms with Gasteiger partial charge in [-0.1, -0.05) is 0 Å². The Labute approximate surface area is 96.7 Å². The van der Waals surface area contributed by atoms with Crippen molar-refractivity contribution in [2.45, 2.75) is 12.5 Å². The summed E-state index contributed by atoms with van der Waals surface area (Å²) in [6, 6.07) is 3.97. The van der Waals surface area contributed by atoms with Crippen LogP contribution in [0.15, 0.2) is 12.1 Å². The van der Waals surface area contributed by atoms with E-state index in [9.17, 15) is 0 Å². The van der Waals surface area contributed by atoms with Gasteiger partial charge in [0.05, 0.1) is 22.9 Å². The van der Waals surface area contributed by atoms with Gasteiger partial charge in [0.1, 0.15) is 11.5 Å². The Morgan fingerprint density at radius 3 is 3.07 bits per heavy atom. The van der Waals surface area contributed by atoms with Crippen LogP contribution in [0.5, 0.6) is 11.5 Å². The Morgan fingerprint density at radius 2 is 2.36 bits per heavy atom. The average Bonchev–Trinajstić information content (AvgIpc) is 2.19. The SMILES string of the molecule is COc1c(I)ccc2c1[C@H](N)CCO2. The van der Waals surface area contributed by atoms with E-state index in [1.165, 1.54) is 0 Å². The zero-order chi connectivity index (χ0) is 10.1. The molecule has 0 saturated heterocycles. The number of rotatable bonds is 1. The summed E-state index contributed by atoms with van der Waals surface area (Å²) >= 11 is 2.24. The molecule has 1 atom stereocenters. The molecular formula is C10H12INO2. The first-order chi connectivity index (χ1) is 6.74. The van der Waals surface area contributed by atoms with Gasteiger partial charge in [0.25, 0.3) is 0 Å².